The van der Waals surface area contributed by atoms with Gasteiger partial charge in [0.1, 0.15) is 0 Å². The van der Waals surface area contributed by atoms with Crippen LogP contribution in [-0.4, -0.2) is 19.6 Å². The molecule has 2 aromatic heterocycles. The van der Waals surface area contributed by atoms with Crippen molar-refractivity contribution in [2.75, 3.05) is 0 Å². The van der Waals surface area contributed by atoms with Gasteiger partial charge in [-0.05, 0) is 17.7 Å². The van der Waals surface area contributed by atoms with Crippen molar-refractivity contribution in [1.29, 1.82) is 0 Å². The number of aromatic nitrogens is 4. The summed E-state index contributed by atoms with van der Waals surface area (Å²) in [6.45, 7) is 0. The van der Waals surface area contributed by atoms with Gasteiger partial charge in [0, 0.05) is 11.8 Å². The normalized spacial score (nSPS) is 11.2. The largest absolute Gasteiger partial charge is 0.348 e. The first kappa shape index (κ1) is 11.8. The molecule has 0 fully saturated rings. The molecule has 0 unspecified atom stereocenters. The number of nitrogens with zero attached hydrogens (tertiary/aromatic N) is 3. The van der Waals surface area contributed by atoms with Crippen molar-refractivity contribution in [1.82, 2.24) is 19.6 Å². The van der Waals surface area contributed by atoms with Gasteiger partial charge in [0.15, 0.2) is 11.5 Å². The third kappa shape index (κ3) is 1.99. The molecule has 0 amide bonds. The summed E-state index contributed by atoms with van der Waals surface area (Å²) < 4.78 is 1.33. The second-order valence-electron chi connectivity index (χ2n) is 4.90. The van der Waals surface area contributed by atoms with Crippen LogP contribution in [0.3, 0.4) is 0 Å². The van der Waals surface area contributed by atoms with Crippen LogP contribution in [0.25, 0.3) is 16.6 Å². The Morgan fingerprint density at radius 1 is 1.00 bits per heavy atom. The Morgan fingerprint density at radius 3 is 2.62 bits per heavy atom. The van der Waals surface area contributed by atoms with Gasteiger partial charge in [-0.1, -0.05) is 42.5 Å². The lowest BCUT2D eigenvalue weighted by Gasteiger charge is -1.97. The zero-order valence-corrected chi connectivity index (χ0v) is 11.2. The molecular weight excluding hydrogens is 264 g/mol. The van der Waals surface area contributed by atoms with Crippen molar-refractivity contribution in [3.05, 3.63) is 76.5 Å². The minimum absolute atomic E-state index is 0.268. The predicted molar refractivity (Wildman–Crippen MR) is 80.4 cm³/mol. The zero-order valence-electron chi connectivity index (χ0n) is 11.2. The fourth-order valence-corrected chi connectivity index (χ4v) is 2.48. The number of rotatable bonds is 2. The quantitative estimate of drug-likeness (QED) is 0.610. The maximum absolute atomic E-state index is 12.1. The summed E-state index contributed by atoms with van der Waals surface area (Å²) in [5.74, 6) is 0.642. The average molecular weight is 276 g/mol. The van der Waals surface area contributed by atoms with Crippen LogP contribution in [0.1, 0.15) is 11.4 Å². The molecule has 4 rings (SSSR count). The van der Waals surface area contributed by atoms with Crippen molar-refractivity contribution in [3.8, 4) is 0 Å². The summed E-state index contributed by atoms with van der Waals surface area (Å²) in [5.41, 5.74) is 2.22. The van der Waals surface area contributed by atoms with Gasteiger partial charge >= 0.3 is 5.69 Å². The molecule has 0 bridgehead atoms. The van der Waals surface area contributed by atoms with E-state index in [4.69, 9.17) is 0 Å². The van der Waals surface area contributed by atoms with E-state index >= 15 is 0 Å². The lowest BCUT2D eigenvalue weighted by Crippen LogP contribution is -2.17. The minimum Gasteiger partial charge on any atom is -0.305 e. The molecule has 0 saturated heterocycles. The van der Waals surface area contributed by atoms with Gasteiger partial charge in [0.2, 0.25) is 0 Å². The molecule has 0 aliphatic rings. The van der Waals surface area contributed by atoms with Gasteiger partial charge in [0.05, 0.1) is 5.52 Å². The number of hydrogen-bond donors (Lipinski definition) is 1. The van der Waals surface area contributed by atoms with Gasteiger partial charge in [-0.15, -0.1) is 5.10 Å². The van der Waals surface area contributed by atoms with Gasteiger partial charge in [0.25, 0.3) is 0 Å². The van der Waals surface area contributed by atoms with E-state index in [-0.39, 0.29) is 5.69 Å². The summed E-state index contributed by atoms with van der Waals surface area (Å²) in [4.78, 5) is 19.4. The lowest BCUT2D eigenvalue weighted by molar-refractivity contribution is 0.847. The van der Waals surface area contributed by atoms with Crippen LogP contribution in [0.4, 0.5) is 0 Å². The molecule has 0 aliphatic carbocycles. The van der Waals surface area contributed by atoms with Crippen molar-refractivity contribution in [2.24, 2.45) is 0 Å². The van der Waals surface area contributed by atoms with Crippen molar-refractivity contribution < 1.29 is 0 Å². The first-order valence-corrected chi connectivity index (χ1v) is 6.72. The third-order valence-corrected chi connectivity index (χ3v) is 3.46. The summed E-state index contributed by atoms with van der Waals surface area (Å²) in [7, 11) is 0. The van der Waals surface area contributed by atoms with E-state index in [0.29, 0.717) is 17.9 Å². The van der Waals surface area contributed by atoms with Crippen LogP contribution in [0, 0.1) is 0 Å². The predicted octanol–water partition coefficient (Wildman–Crippen LogP) is 2.16. The second kappa shape index (κ2) is 4.56. The number of fused-ring (bicyclic) bond motifs is 3. The molecule has 1 N–H and O–H groups in total. The fraction of sp³-hybridized carbons (Fsp3) is 0.0625. The van der Waals surface area contributed by atoms with Crippen LogP contribution >= 0.6 is 0 Å². The summed E-state index contributed by atoms with van der Waals surface area (Å²) in [5, 5.41) is 5.21. The van der Waals surface area contributed by atoms with Crippen LogP contribution < -0.4 is 5.69 Å². The highest BCUT2D eigenvalue weighted by Crippen LogP contribution is 2.15. The standard InChI is InChI=1S/C16H12N4O/c21-16-17-13-9-5-4-8-12(13)15-18-14(19-20(15)16)10-11-6-2-1-3-7-11/h1-9H,10H2,(H,17,21). The number of aromatic amines is 1. The smallest absolute Gasteiger partial charge is 0.305 e. The molecule has 21 heavy (non-hydrogen) atoms. The Kier molecular flexibility index (Phi) is 2.57. The number of H-pyrrole nitrogens is 1. The lowest BCUT2D eigenvalue weighted by atomic mass is 10.1. The molecule has 2 heterocycles. The fourth-order valence-electron chi connectivity index (χ4n) is 2.48. The monoisotopic (exact) mass is 276 g/mol. The van der Waals surface area contributed by atoms with E-state index in [2.05, 4.69) is 15.1 Å². The maximum Gasteiger partial charge on any atom is 0.348 e. The van der Waals surface area contributed by atoms with E-state index in [1.807, 2.05) is 54.6 Å². The van der Waals surface area contributed by atoms with Crippen molar-refractivity contribution in [2.45, 2.75) is 6.42 Å². The van der Waals surface area contributed by atoms with Crippen LogP contribution in [0.5, 0.6) is 0 Å². The molecule has 2 aromatic carbocycles. The van der Waals surface area contributed by atoms with Crippen LogP contribution in [0.2, 0.25) is 0 Å². The summed E-state index contributed by atoms with van der Waals surface area (Å²) in [6, 6.07) is 17.6. The Morgan fingerprint density at radius 2 is 1.76 bits per heavy atom. The molecule has 0 radical (unpaired) electrons. The average Bonchev–Trinajstić information content (AvgIpc) is 2.93. The number of para-hydroxylation sites is 1. The summed E-state index contributed by atoms with van der Waals surface area (Å²) in [6.07, 6.45) is 0.607. The Bertz CT molecular complexity index is 985. The zero-order chi connectivity index (χ0) is 14.2. The van der Waals surface area contributed by atoms with E-state index in [1.54, 1.807) is 0 Å². The number of benzene rings is 2. The molecule has 5 nitrogen and oxygen atoms in total. The molecule has 0 saturated carbocycles. The first-order chi connectivity index (χ1) is 10.3. The van der Waals surface area contributed by atoms with Crippen molar-refractivity contribution in [3.63, 3.8) is 0 Å². The highest BCUT2D eigenvalue weighted by molar-refractivity contribution is 5.90. The molecule has 0 spiro atoms. The Balaban J connectivity index is 1.91. The van der Waals surface area contributed by atoms with E-state index in [1.165, 1.54) is 4.52 Å². The van der Waals surface area contributed by atoms with Crippen LogP contribution in [0.15, 0.2) is 59.4 Å². The van der Waals surface area contributed by atoms with E-state index < -0.39 is 0 Å². The number of nitrogens with one attached hydrogen (secondary N) is 1. The first-order valence-electron chi connectivity index (χ1n) is 6.72. The Hall–Kier alpha value is -2.95. The third-order valence-electron chi connectivity index (χ3n) is 3.46. The van der Waals surface area contributed by atoms with Crippen LogP contribution in [-0.2, 0) is 6.42 Å². The van der Waals surface area contributed by atoms with E-state index in [9.17, 15) is 4.79 Å². The molecule has 0 atom stereocenters. The minimum atomic E-state index is -0.268. The molecule has 102 valence electrons. The van der Waals surface area contributed by atoms with Gasteiger partial charge in [-0.3, -0.25) is 0 Å². The Labute approximate surface area is 119 Å². The molecule has 0 aliphatic heterocycles. The SMILES string of the molecule is O=c1[nH]c2ccccc2c2nc(Cc3ccccc3)nn12. The number of hydrogen-bond acceptors (Lipinski definition) is 3. The van der Waals surface area contributed by atoms with Gasteiger partial charge < -0.3 is 4.98 Å². The maximum atomic E-state index is 12.1. The highest BCUT2D eigenvalue weighted by atomic mass is 16.1. The van der Waals surface area contributed by atoms with Crippen molar-refractivity contribution >= 4 is 16.6 Å². The molecule has 5 heteroatoms. The van der Waals surface area contributed by atoms with Gasteiger partial charge in [-0.25, -0.2) is 9.78 Å². The molecule has 4 aromatic rings. The molecular formula is C16H12N4O. The highest BCUT2D eigenvalue weighted by Gasteiger charge is 2.10. The van der Waals surface area contributed by atoms with E-state index in [0.717, 1.165) is 16.5 Å². The topological polar surface area (TPSA) is 63.0 Å². The van der Waals surface area contributed by atoms with Gasteiger partial charge in [-0.2, -0.15) is 4.52 Å². The second-order valence-corrected chi connectivity index (χ2v) is 4.90. The summed E-state index contributed by atoms with van der Waals surface area (Å²) >= 11 is 0.